The lowest BCUT2D eigenvalue weighted by atomic mass is 9.87. The molecule has 8 nitrogen and oxygen atoms in total. The minimum absolute atomic E-state index is 0.0826. The van der Waals surface area contributed by atoms with Crippen LogP contribution in [-0.2, 0) is 9.47 Å². The molecule has 1 aromatic rings. The average molecular weight is 418 g/mol. The first-order valence-corrected chi connectivity index (χ1v) is 10.4. The molecule has 2 aliphatic heterocycles. The van der Waals surface area contributed by atoms with E-state index in [1.807, 2.05) is 20.8 Å². The maximum Gasteiger partial charge on any atom is 0.410 e. The molecule has 3 rings (SSSR count). The predicted octanol–water partition coefficient (Wildman–Crippen LogP) is 2.97. The van der Waals surface area contributed by atoms with Crippen LogP contribution in [-0.4, -0.2) is 77.9 Å². The number of hydrogen-bond donors (Lipinski definition) is 1. The van der Waals surface area contributed by atoms with Gasteiger partial charge in [0.1, 0.15) is 5.60 Å². The van der Waals surface area contributed by atoms with Crippen LogP contribution in [0.1, 0.15) is 65.8 Å². The number of likely N-dealkylation sites (tertiary alicyclic amines) is 1. The SMILES string of the molecule is CC(C)(C)OC(=O)N1CCC(c2cc(C(=O)O)cc(C(=O)N3CCOCC3)c2)CC1. The van der Waals surface area contributed by atoms with Crippen molar-refractivity contribution in [3.8, 4) is 0 Å². The van der Waals surface area contributed by atoms with Crippen LogP contribution in [0, 0.1) is 0 Å². The fraction of sp³-hybridized carbons (Fsp3) is 0.591. The van der Waals surface area contributed by atoms with Crippen molar-refractivity contribution in [2.75, 3.05) is 39.4 Å². The number of morpholine rings is 1. The average Bonchev–Trinajstić information content (AvgIpc) is 2.72. The quantitative estimate of drug-likeness (QED) is 0.811. The highest BCUT2D eigenvalue weighted by molar-refractivity contribution is 5.98. The summed E-state index contributed by atoms with van der Waals surface area (Å²) in [6, 6.07) is 4.89. The van der Waals surface area contributed by atoms with Crippen LogP contribution in [0.25, 0.3) is 0 Å². The normalized spacial score (nSPS) is 18.2. The number of hydrogen-bond acceptors (Lipinski definition) is 5. The zero-order valence-corrected chi connectivity index (χ0v) is 17.8. The van der Waals surface area contributed by atoms with Gasteiger partial charge in [-0.1, -0.05) is 0 Å². The molecule has 8 heteroatoms. The van der Waals surface area contributed by atoms with Crippen molar-refractivity contribution in [1.29, 1.82) is 0 Å². The number of benzene rings is 1. The second kappa shape index (κ2) is 9.04. The third-order valence-corrected chi connectivity index (χ3v) is 5.37. The van der Waals surface area contributed by atoms with Crippen LogP contribution < -0.4 is 0 Å². The molecule has 164 valence electrons. The third-order valence-electron chi connectivity index (χ3n) is 5.37. The topological polar surface area (TPSA) is 96.4 Å². The molecule has 0 unspecified atom stereocenters. The van der Waals surface area contributed by atoms with Gasteiger partial charge in [0.15, 0.2) is 0 Å². The summed E-state index contributed by atoms with van der Waals surface area (Å²) in [5.41, 5.74) is 0.786. The van der Waals surface area contributed by atoms with Gasteiger partial charge < -0.3 is 24.4 Å². The van der Waals surface area contributed by atoms with Gasteiger partial charge >= 0.3 is 12.1 Å². The van der Waals surface area contributed by atoms with E-state index in [-0.39, 0.29) is 23.5 Å². The number of carboxylic acids is 1. The van der Waals surface area contributed by atoms with E-state index >= 15 is 0 Å². The molecule has 0 radical (unpaired) electrons. The van der Waals surface area contributed by atoms with Crippen LogP contribution >= 0.6 is 0 Å². The van der Waals surface area contributed by atoms with E-state index in [1.165, 1.54) is 6.07 Å². The molecular weight excluding hydrogens is 388 g/mol. The number of aromatic carboxylic acids is 1. The van der Waals surface area contributed by atoms with E-state index < -0.39 is 11.6 Å². The van der Waals surface area contributed by atoms with Gasteiger partial charge in [0.25, 0.3) is 5.91 Å². The molecule has 2 aliphatic rings. The summed E-state index contributed by atoms with van der Waals surface area (Å²) >= 11 is 0. The predicted molar refractivity (Wildman–Crippen MR) is 110 cm³/mol. The van der Waals surface area contributed by atoms with Crippen molar-refractivity contribution in [1.82, 2.24) is 9.80 Å². The fourth-order valence-electron chi connectivity index (χ4n) is 3.81. The molecule has 0 saturated carbocycles. The Kier molecular flexibility index (Phi) is 6.65. The summed E-state index contributed by atoms with van der Waals surface area (Å²) in [5.74, 6) is -1.15. The number of ether oxygens (including phenoxy) is 2. The van der Waals surface area contributed by atoms with Crippen LogP contribution in [0.4, 0.5) is 4.79 Å². The first kappa shape index (κ1) is 22.1. The first-order chi connectivity index (χ1) is 14.1. The molecule has 2 amide bonds. The van der Waals surface area contributed by atoms with Gasteiger partial charge in [-0.2, -0.15) is 0 Å². The Labute approximate surface area is 176 Å². The maximum absolute atomic E-state index is 12.9. The highest BCUT2D eigenvalue weighted by Gasteiger charge is 2.29. The Morgan fingerprint density at radius 1 is 0.967 bits per heavy atom. The summed E-state index contributed by atoms with van der Waals surface area (Å²) in [7, 11) is 0. The maximum atomic E-state index is 12.9. The van der Waals surface area contributed by atoms with E-state index in [9.17, 15) is 19.5 Å². The molecule has 0 spiro atoms. The lowest BCUT2D eigenvalue weighted by Crippen LogP contribution is -2.41. The van der Waals surface area contributed by atoms with E-state index in [0.717, 1.165) is 5.56 Å². The first-order valence-electron chi connectivity index (χ1n) is 10.4. The number of carbonyl (C=O) groups excluding carboxylic acids is 2. The Morgan fingerprint density at radius 2 is 1.57 bits per heavy atom. The second-order valence-corrected chi connectivity index (χ2v) is 8.80. The van der Waals surface area contributed by atoms with Gasteiger partial charge in [-0.25, -0.2) is 9.59 Å². The molecule has 0 bridgehead atoms. The molecule has 1 aromatic carbocycles. The number of carboxylic acid groups (broad SMARTS) is 1. The zero-order valence-electron chi connectivity index (χ0n) is 17.8. The molecule has 1 N–H and O–H groups in total. The molecule has 0 aliphatic carbocycles. The molecular formula is C22H30N2O6. The van der Waals surface area contributed by atoms with Gasteiger partial charge in [-0.05, 0) is 63.3 Å². The van der Waals surface area contributed by atoms with E-state index in [4.69, 9.17) is 9.47 Å². The molecule has 0 atom stereocenters. The highest BCUT2D eigenvalue weighted by atomic mass is 16.6. The lowest BCUT2D eigenvalue weighted by molar-refractivity contribution is 0.0204. The lowest BCUT2D eigenvalue weighted by Gasteiger charge is -2.34. The summed E-state index contributed by atoms with van der Waals surface area (Å²) < 4.78 is 10.7. The van der Waals surface area contributed by atoms with Crippen LogP contribution in [0.15, 0.2) is 18.2 Å². The van der Waals surface area contributed by atoms with Crippen molar-refractivity contribution in [2.45, 2.75) is 45.1 Å². The third kappa shape index (κ3) is 5.50. The Hall–Kier alpha value is -2.61. The second-order valence-electron chi connectivity index (χ2n) is 8.80. The molecule has 30 heavy (non-hydrogen) atoms. The number of rotatable bonds is 3. The number of carbonyl (C=O) groups is 3. The van der Waals surface area contributed by atoms with Crippen molar-refractivity contribution in [3.63, 3.8) is 0 Å². The largest absolute Gasteiger partial charge is 0.478 e. The summed E-state index contributed by atoms with van der Waals surface area (Å²) in [4.78, 5) is 40.2. The number of piperidine rings is 1. The van der Waals surface area contributed by atoms with Gasteiger partial charge in [-0.15, -0.1) is 0 Å². The van der Waals surface area contributed by atoms with Gasteiger partial charge in [0, 0.05) is 31.7 Å². The highest BCUT2D eigenvalue weighted by Crippen LogP contribution is 2.30. The minimum Gasteiger partial charge on any atom is -0.478 e. The summed E-state index contributed by atoms with van der Waals surface area (Å²) in [5, 5.41) is 9.53. The van der Waals surface area contributed by atoms with Gasteiger partial charge in [0.2, 0.25) is 0 Å². The Bertz CT molecular complexity index is 802. The van der Waals surface area contributed by atoms with Crippen molar-refractivity contribution < 1.29 is 29.0 Å². The number of amides is 2. The molecule has 0 aromatic heterocycles. The van der Waals surface area contributed by atoms with Crippen molar-refractivity contribution >= 4 is 18.0 Å². The van der Waals surface area contributed by atoms with E-state index in [1.54, 1.807) is 21.9 Å². The summed E-state index contributed by atoms with van der Waals surface area (Å²) in [6.07, 6.45) is 1.05. The van der Waals surface area contributed by atoms with Crippen LogP contribution in [0.3, 0.4) is 0 Å². The standard InChI is InChI=1S/C22H30N2O6/c1-22(2,3)30-21(28)24-6-4-15(5-7-24)16-12-17(14-18(13-16)20(26)27)19(25)23-8-10-29-11-9-23/h12-15H,4-11H2,1-3H3,(H,26,27). The minimum atomic E-state index is -1.06. The molecule has 2 fully saturated rings. The molecule has 2 saturated heterocycles. The summed E-state index contributed by atoms with van der Waals surface area (Å²) in [6.45, 7) is 8.54. The number of nitrogens with zero attached hydrogens (tertiary/aromatic N) is 2. The monoisotopic (exact) mass is 418 g/mol. The van der Waals surface area contributed by atoms with Gasteiger partial charge in [-0.3, -0.25) is 4.79 Å². The van der Waals surface area contributed by atoms with E-state index in [0.29, 0.717) is 57.8 Å². The van der Waals surface area contributed by atoms with Crippen LogP contribution in [0.5, 0.6) is 0 Å². The molecule has 2 heterocycles. The van der Waals surface area contributed by atoms with Crippen molar-refractivity contribution in [3.05, 3.63) is 34.9 Å². The Balaban J connectivity index is 1.74. The van der Waals surface area contributed by atoms with E-state index in [2.05, 4.69) is 0 Å². The van der Waals surface area contributed by atoms with Crippen molar-refractivity contribution in [2.24, 2.45) is 0 Å². The fourth-order valence-corrected chi connectivity index (χ4v) is 3.81. The van der Waals surface area contributed by atoms with Crippen LogP contribution in [0.2, 0.25) is 0 Å². The van der Waals surface area contributed by atoms with Gasteiger partial charge in [0.05, 0.1) is 18.8 Å². The Morgan fingerprint density at radius 3 is 2.13 bits per heavy atom. The smallest absolute Gasteiger partial charge is 0.410 e. The zero-order chi connectivity index (χ0) is 21.9.